The number of hydrogen-bond donors (Lipinski definition) is 0. The van der Waals surface area contributed by atoms with Gasteiger partial charge in [0.15, 0.2) is 0 Å². The molecule has 23 heavy (non-hydrogen) atoms. The van der Waals surface area contributed by atoms with Crippen LogP contribution >= 0.6 is 0 Å². The monoisotopic (exact) mass is 318 g/mol. The molecular formula is C20H30O3. The van der Waals surface area contributed by atoms with Crippen LogP contribution in [0.2, 0.25) is 0 Å². The van der Waals surface area contributed by atoms with Crippen LogP contribution in [-0.4, -0.2) is 18.4 Å². The van der Waals surface area contributed by atoms with Crippen LogP contribution < -0.4 is 0 Å². The fourth-order valence-corrected chi connectivity index (χ4v) is 5.76. The lowest BCUT2D eigenvalue weighted by atomic mass is 9.71. The SMILES string of the molecule is CC(C)[C@H]1CC[C@H](C)C[C@@H]1O[C@@H]1OC(=O)[C@]2(C)[C@H]1[C@@H]1C=C[C@H]2C1. The van der Waals surface area contributed by atoms with E-state index in [9.17, 15) is 4.79 Å². The predicted octanol–water partition coefficient (Wildman–Crippen LogP) is 4.18. The molecule has 0 spiro atoms. The van der Waals surface area contributed by atoms with Gasteiger partial charge in [-0.2, -0.15) is 0 Å². The van der Waals surface area contributed by atoms with E-state index in [0.29, 0.717) is 29.6 Å². The summed E-state index contributed by atoms with van der Waals surface area (Å²) < 4.78 is 12.3. The molecule has 0 aromatic rings. The molecule has 1 saturated heterocycles. The summed E-state index contributed by atoms with van der Waals surface area (Å²) in [5, 5.41) is 0. The van der Waals surface area contributed by atoms with Gasteiger partial charge in [0.05, 0.1) is 11.5 Å². The number of rotatable bonds is 3. The van der Waals surface area contributed by atoms with Gasteiger partial charge in [0.2, 0.25) is 6.29 Å². The molecule has 0 radical (unpaired) electrons. The second kappa shape index (κ2) is 5.34. The number of hydrogen-bond acceptors (Lipinski definition) is 3. The summed E-state index contributed by atoms with van der Waals surface area (Å²) in [5.74, 6) is 2.91. The van der Waals surface area contributed by atoms with E-state index in [2.05, 4.69) is 39.8 Å². The summed E-state index contributed by atoms with van der Waals surface area (Å²) in [4.78, 5) is 12.6. The van der Waals surface area contributed by atoms with Crippen LogP contribution in [0.25, 0.3) is 0 Å². The number of allylic oxidation sites excluding steroid dienone is 2. The topological polar surface area (TPSA) is 35.5 Å². The van der Waals surface area contributed by atoms with Crippen molar-refractivity contribution in [1.82, 2.24) is 0 Å². The molecule has 4 aliphatic rings. The Labute approximate surface area is 139 Å². The maximum absolute atomic E-state index is 12.6. The highest BCUT2D eigenvalue weighted by Gasteiger charge is 2.66. The number of fused-ring (bicyclic) bond motifs is 5. The molecule has 0 amide bonds. The Kier molecular flexibility index (Phi) is 3.64. The standard InChI is InChI=1S/C20H30O3/c1-11(2)15-8-5-12(3)9-16(15)22-18-17-13-6-7-14(10-13)20(17,4)19(21)23-18/h6-7,11-18H,5,8-10H2,1-4H3/t12-,13+,14-,15+,16-,17-,18+,20-/m0/s1. The largest absolute Gasteiger partial charge is 0.435 e. The molecule has 0 unspecified atom stereocenters. The van der Waals surface area contributed by atoms with Gasteiger partial charge in [-0.25, -0.2) is 0 Å². The predicted molar refractivity (Wildman–Crippen MR) is 88.4 cm³/mol. The minimum Gasteiger partial charge on any atom is -0.435 e. The van der Waals surface area contributed by atoms with Crippen LogP contribution in [0.1, 0.15) is 53.4 Å². The molecule has 2 saturated carbocycles. The molecule has 128 valence electrons. The molecule has 2 bridgehead atoms. The molecule has 1 aliphatic heterocycles. The van der Waals surface area contributed by atoms with Crippen molar-refractivity contribution in [3.63, 3.8) is 0 Å². The van der Waals surface area contributed by atoms with E-state index in [0.717, 1.165) is 12.8 Å². The lowest BCUT2D eigenvalue weighted by molar-refractivity contribution is -0.198. The Balaban J connectivity index is 1.54. The average Bonchev–Trinajstić information content (AvgIpc) is 3.12. The lowest BCUT2D eigenvalue weighted by Gasteiger charge is -2.39. The summed E-state index contributed by atoms with van der Waals surface area (Å²) in [6.07, 6.45) is 9.16. The maximum Gasteiger partial charge on any atom is 0.315 e. The van der Waals surface area contributed by atoms with Crippen molar-refractivity contribution < 1.29 is 14.3 Å². The normalized spacial score (nSPS) is 51.3. The third kappa shape index (κ3) is 2.22. The zero-order valence-electron chi connectivity index (χ0n) is 14.8. The van der Waals surface area contributed by atoms with E-state index in [-0.39, 0.29) is 29.7 Å². The second-order valence-electron chi connectivity index (χ2n) is 8.97. The van der Waals surface area contributed by atoms with Gasteiger partial charge in [-0.15, -0.1) is 0 Å². The first-order valence-electron chi connectivity index (χ1n) is 9.46. The highest BCUT2D eigenvalue weighted by molar-refractivity contribution is 5.81. The molecule has 0 N–H and O–H groups in total. The Bertz CT molecular complexity index is 525. The van der Waals surface area contributed by atoms with Gasteiger partial charge in [0, 0.05) is 5.92 Å². The highest BCUT2D eigenvalue weighted by Crippen LogP contribution is 2.62. The third-order valence-corrected chi connectivity index (χ3v) is 7.27. The molecule has 0 aromatic carbocycles. The van der Waals surface area contributed by atoms with Gasteiger partial charge in [0.25, 0.3) is 0 Å². The minimum atomic E-state index is -0.350. The van der Waals surface area contributed by atoms with Crippen molar-refractivity contribution in [3.05, 3.63) is 12.2 Å². The smallest absolute Gasteiger partial charge is 0.315 e. The van der Waals surface area contributed by atoms with Crippen LogP contribution in [0.3, 0.4) is 0 Å². The van der Waals surface area contributed by atoms with Gasteiger partial charge < -0.3 is 9.47 Å². The number of cyclic esters (lactones) is 1. The van der Waals surface area contributed by atoms with E-state index in [1.165, 1.54) is 12.8 Å². The fourth-order valence-electron chi connectivity index (χ4n) is 5.76. The highest BCUT2D eigenvalue weighted by atomic mass is 16.7. The van der Waals surface area contributed by atoms with Crippen molar-refractivity contribution in [2.75, 3.05) is 0 Å². The lowest BCUT2D eigenvalue weighted by Crippen LogP contribution is -2.41. The quantitative estimate of drug-likeness (QED) is 0.578. The number of esters is 1. The first-order chi connectivity index (χ1) is 10.9. The minimum absolute atomic E-state index is 0.0331. The number of carbonyl (C=O) groups is 1. The Morgan fingerprint density at radius 2 is 2.04 bits per heavy atom. The Hall–Kier alpha value is -0.830. The van der Waals surface area contributed by atoms with Crippen molar-refractivity contribution >= 4 is 5.97 Å². The van der Waals surface area contributed by atoms with Crippen molar-refractivity contribution in [2.24, 2.45) is 40.9 Å². The first-order valence-corrected chi connectivity index (χ1v) is 9.46. The first kappa shape index (κ1) is 15.7. The van der Waals surface area contributed by atoms with E-state index in [4.69, 9.17) is 9.47 Å². The zero-order chi connectivity index (χ0) is 16.4. The van der Waals surface area contributed by atoms with Crippen molar-refractivity contribution in [3.8, 4) is 0 Å². The molecule has 1 heterocycles. The Morgan fingerprint density at radius 1 is 1.26 bits per heavy atom. The van der Waals surface area contributed by atoms with E-state index >= 15 is 0 Å². The van der Waals surface area contributed by atoms with E-state index in [1.54, 1.807) is 0 Å². The van der Waals surface area contributed by atoms with Crippen LogP contribution in [0.4, 0.5) is 0 Å². The van der Waals surface area contributed by atoms with E-state index in [1.807, 2.05) is 0 Å². The molecular weight excluding hydrogens is 288 g/mol. The van der Waals surface area contributed by atoms with Gasteiger partial charge in [-0.05, 0) is 55.8 Å². The molecule has 0 aromatic heterocycles. The van der Waals surface area contributed by atoms with Gasteiger partial charge >= 0.3 is 5.97 Å². The summed E-state index contributed by atoms with van der Waals surface area (Å²) in [6, 6.07) is 0. The van der Waals surface area contributed by atoms with Crippen LogP contribution in [0, 0.1) is 40.9 Å². The van der Waals surface area contributed by atoms with Crippen LogP contribution in [0.15, 0.2) is 12.2 Å². The molecule has 3 fully saturated rings. The summed E-state index contributed by atoms with van der Waals surface area (Å²) in [7, 11) is 0. The van der Waals surface area contributed by atoms with E-state index < -0.39 is 0 Å². The summed E-state index contributed by atoms with van der Waals surface area (Å²) in [5.41, 5.74) is -0.350. The van der Waals surface area contributed by atoms with Gasteiger partial charge in [-0.3, -0.25) is 4.79 Å². The summed E-state index contributed by atoms with van der Waals surface area (Å²) >= 11 is 0. The third-order valence-electron chi connectivity index (χ3n) is 7.27. The molecule has 8 atom stereocenters. The Morgan fingerprint density at radius 3 is 2.78 bits per heavy atom. The maximum atomic E-state index is 12.6. The van der Waals surface area contributed by atoms with Crippen LogP contribution in [0.5, 0.6) is 0 Å². The number of carbonyl (C=O) groups excluding carboxylic acids is 1. The molecule has 4 rings (SSSR count). The molecule has 3 nitrogen and oxygen atoms in total. The van der Waals surface area contributed by atoms with Crippen molar-refractivity contribution in [1.29, 1.82) is 0 Å². The summed E-state index contributed by atoms with van der Waals surface area (Å²) in [6.45, 7) is 9.00. The average molecular weight is 318 g/mol. The fraction of sp³-hybridized carbons (Fsp3) is 0.850. The zero-order valence-corrected chi connectivity index (χ0v) is 14.8. The van der Waals surface area contributed by atoms with Gasteiger partial charge in [0.1, 0.15) is 0 Å². The molecule has 3 heteroatoms. The van der Waals surface area contributed by atoms with Crippen LogP contribution in [-0.2, 0) is 14.3 Å². The second-order valence-corrected chi connectivity index (χ2v) is 8.97. The number of ether oxygens (including phenoxy) is 2. The van der Waals surface area contributed by atoms with Crippen molar-refractivity contribution in [2.45, 2.75) is 65.8 Å². The van der Waals surface area contributed by atoms with Gasteiger partial charge in [-0.1, -0.05) is 39.3 Å². The molecule has 3 aliphatic carbocycles.